The average Bonchev–Trinajstić information content (AvgIpc) is 2.42. The predicted molar refractivity (Wildman–Crippen MR) is 87.0 cm³/mol. The molecular weight excluding hydrogens is 354 g/mol. The van der Waals surface area contributed by atoms with E-state index in [1.165, 1.54) is 0 Å². The molecule has 0 aromatic heterocycles. The van der Waals surface area contributed by atoms with E-state index in [-0.39, 0.29) is 17.0 Å². The summed E-state index contributed by atoms with van der Waals surface area (Å²) in [6, 6.07) is 5.48. The summed E-state index contributed by atoms with van der Waals surface area (Å²) in [6.07, 6.45) is 3.13. The van der Waals surface area contributed by atoms with Crippen LogP contribution in [0.4, 0.5) is 0 Å². The van der Waals surface area contributed by atoms with Crippen molar-refractivity contribution in [3.63, 3.8) is 0 Å². The number of nitrogens with one attached hydrogen (secondary N) is 1. The number of rotatable bonds is 4. The lowest BCUT2D eigenvalue weighted by atomic mass is 10.0. The zero-order valence-electron chi connectivity index (χ0n) is 12.3. The maximum atomic E-state index is 12.6. The molecule has 2 atom stereocenters. The van der Waals surface area contributed by atoms with Crippen molar-refractivity contribution < 1.29 is 8.42 Å². The maximum Gasteiger partial charge on any atom is 0.254 e. The monoisotopic (exact) mass is 375 g/mol. The van der Waals surface area contributed by atoms with Crippen LogP contribution in [0.2, 0.25) is 0 Å². The molecule has 2 unspecified atom stereocenters. The average molecular weight is 376 g/mol. The minimum Gasteiger partial charge on any atom is -0.326 e. The van der Waals surface area contributed by atoms with Crippen LogP contribution in [0.25, 0.3) is 0 Å². The van der Waals surface area contributed by atoms with Gasteiger partial charge >= 0.3 is 0 Å². The number of nitrogens with zero attached hydrogens (tertiary/aromatic N) is 1. The van der Waals surface area contributed by atoms with E-state index in [9.17, 15) is 8.42 Å². The maximum absolute atomic E-state index is 12.6. The highest BCUT2D eigenvalue weighted by atomic mass is 79.9. The first-order chi connectivity index (χ1) is 9.85. The Morgan fingerprint density at radius 3 is 2.48 bits per heavy atom. The van der Waals surface area contributed by atoms with E-state index < -0.39 is 10.0 Å². The molecule has 5 nitrogen and oxygen atoms in total. The predicted octanol–water partition coefficient (Wildman–Crippen LogP) is 2.36. The quantitative estimate of drug-likeness (QED) is 0.846. The Morgan fingerprint density at radius 1 is 1.33 bits per heavy atom. The second-order valence-corrected chi connectivity index (χ2v) is 8.08. The normalized spacial score (nSPS) is 24.2. The van der Waals surface area contributed by atoms with E-state index in [1.807, 2.05) is 18.9 Å². The van der Waals surface area contributed by atoms with Crippen molar-refractivity contribution in [2.75, 3.05) is 0 Å². The van der Waals surface area contributed by atoms with Crippen molar-refractivity contribution in [2.24, 2.45) is 5.73 Å². The fourth-order valence-electron chi connectivity index (χ4n) is 2.68. The van der Waals surface area contributed by atoms with Gasteiger partial charge in [0.25, 0.3) is 10.0 Å². The summed E-state index contributed by atoms with van der Waals surface area (Å²) in [6.45, 7) is 4.47. The van der Waals surface area contributed by atoms with Gasteiger partial charge in [-0.3, -0.25) is 0 Å². The summed E-state index contributed by atoms with van der Waals surface area (Å²) in [5.41, 5.74) is 6.46. The molecule has 21 heavy (non-hydrogen) atoms. The largest absolute Gasteiger partial charge is 0.326 e. The third-order valence-electron chi connectivity index (χ3n) is 3.94. The molecular formula is C14H22BrN3O2S. The van der Waals surface area contributed by atoms with Crippen molar-refractivity contribution in [3.8, 4) is 0 Å². The van der Waals surface area contributed by atoms with E-state index >= 15 is 0 Å². The van der Waals surface area contributed by atoms with Gasteiger partial charge in [-0.2, -0.15) is 0 Å². The van der Waals surface area contributed by atoms with Gasteiger partial charge in [-0.05, 0) is 60.3 Å². The Bertz CT molecular complexity index is 596. The molecule has 2 rings (SSSR count). The first-order valence-corrected chi connectivity index (χ1v) is 9.42. The molecule has 1 aromatic rings. The van der Waals surface area contributed by atoms with Crippen molar-refractivity contribution in [2.45, 2.75) is 56.6 Å². The van der Waals surface area contributed by atoms with Crippen LogP contribution in [0.3, 0.4) is 0 Å². The number of hydrazine groups is 1. The molecule has 1 heterocycles. The molecule has 0 bridgehead atoms. The van der Waals surface area contributed by atoms with Crippen LogP contribution < -0.4 is 10.6 Å². The minimum absolute atomic E-state index is 0.200. The van der Waals surface area contributed by atoms with Crippen LogP contribution >= 0.6 is 15.9 Å². The third kappa shape index (κ3) is 3.84. The van der Waals surface area contributed by atoms with E-state index in [2.05, 4.69) is 20.8 Å². The van der Waals surface area contributed by atoms with Gasteiger partial charge in [-0.1, -0.05) is 12.5 Å². The number of halogens is 1. The van der Waals surface area contributed by atoms with Crippen molar-refractivity contribution in [3.05, 3.63) is 28.2 Å². The summed E-state index contributed by atoms with van der Waals surface area (Å²) < 4.78 is 25.7. The van der Waals surface area contributed by atoms with E-state index in [4.69, 9.17) is 5.73 Å². The lowest BCUT2D eigenvalue weighted by Crippen LogP contribution is -2.53. The summed E-state index contributed by atoms with van der Waals surface area (Å²) in [5.74, 6) is 0. The molecule has 118 valence electrons. The van der Waals surface area contributed by atoms with Crippen LogP contribution in [-0.4, -0.2) is 25.5 Å². The van der Waals surface area contributed by atoms with Gasteiger partial charge in [0.2, 0.25) is 0 Å². The number of sulfonamides is 1. The highest BCUT2D eigenvalue weighted by Gasteiger charge is 2.29. The van der Waals surface area contributed by atoms with Crippen LogP contribution in [0.5, 0.6) is 0 Å². The molecule has 3 N–H and O–H groups in total. The number of hydrogen-bond donors (Lipinski definition) is 2. The molecule has 1 fully saturated rings. The van der Waals surface area contributed by atoms with Gasteiger partial charge in [0.05, 0.1) is 4.90 Å². The number of benzene rings is 1. The second-order valence-electron chi connectivity index (χ2n) is 5.60. The molecule has 0 amide bonds. The van der Waals surface area contributed by atoms with E-state index in [0.717, 1.165) is 24.8 Å². The first kappa shape index (κ1) is 16.9. The van der Waals surface area contributed by atoms with Gasteiger partial charge in [-0.15, -0.1) is 4.83 Å². The topological polar surface area (TPSA) is 75.4 Å². The van der Waals surface area contributed by atoms with Crippen molar-refractivity contribution in [1.29, 1.82) is 0 Å². The molecule has 7 heteroatoms. The molecule has 1 aromatic carbocycles. The highest BCUT2D eigenvalue weighted by Crippen LogP contribution is 2.26. The number of hydrogen-bond acceptors (Lipinski definition) is 4. The Kier molecular flexibility index (Phi) is 5.43. The van der Waals surface area contributed by atoms with Crippen LogP contribution in [0.15, 0.2) is 27.6 Å². The Balaban J connectivity index is 2.25. The summed E-state index contributed by atoms with van der Waals surface area (Å²) >= 11 is 3.33. The minimum atomic E-state index is -3.59. The van der Waals surface area contributed by atoms with Crippen molar-refractivity contribution in [1.82, 2.24) is 9.84 Å². The molecule has 1 saturated heterocycles. The molecule has 0 aliphatic carbocycles. The van der Waals surface area contributed by atoms with Gasteiger partial charge in [0.15, 0.2) is 0 Å². The van der Waals surface area contributed by atoms with Gasteiger partial charge in [0, 0.05) is 23.1 Å². The summed E-state index contributed by atoms with van der Waals surface area (Å²) in [4.78, 5) is 2.97. The van der Waals surface area contributed by atoms with Gasteiger partial charge in [0.1, 0.15) is 0 Å². The Morgan fingerprint density at radius 2 is 1.95 bits per heavy atom. The second kappa shape index (κ2) is 6.75. The zero-order valence-corrected chi connectivity index (χ0v) is 14.7. The van der Waals surface area contributed by atoms with E-state index in [1.54, 1.807) is 18.2 Å². The lowest BCUT2D eigenvalue weighted by Gasteiger charge is -2.38. The SMILES string of the molecule is CC1CCCC(C)N1NS(=O)(=O)c1ccc(CN)cc1Br. The molecule has 0 radical (unpaired) electrons. The fraction of sp³-hybridized carbons (Fsp3) is 0.571. The summed E-state index contributed by atoms with van der Waals surface area (Å²) in [5, 5.41) is 1.85. The smallest absolute Gasteiger partial charge is 0.254 e. The van der Waals surface area contributed by atoms with Crippen LogP contribution in [0.1, 0.15) is 38.7 Å². The number of piperidine rings is 1. The van der Waals surface area contributed by atoms with E-state index in [0.29, 0.717) is 11.0 Å². The molecule has 1 aliphatic rings. The molecule has 1 aliphatic heterocycles. The first-order valence-electron chi connectivity index (χ1n) is 7.14. The highest BCUT2D eigenvalue weighted by molar-refractivity contribution is 9.10. The van der Waals surface area contributed by atoms with Gasteiger partial charge < -0.3 is 5.73 Å². The van der Waals surface area contributed by atoms with Gasteiger partial charge in [-0.25, -0.2) is 13.4 Å². The molecule has 0 saturated carbocycles. The third-order valence-corrected chi connectivity index (χ3v) is 6.25. The molecule has 0 spiro atoms. The fourth-order valence-corrected chi connectivity index (χ4v) is 5.04. The zero-order chi connectivity index (χ0) is 15.6. The van der Waals surface area contributed by atoms with Crippen LogP contribution in [-0.2, 0) is 16.6 Å². The number of nitrogens with two attached hydrogens (primary N) is 1. The standard InChI is InChI=1S/C14H22BrN3O2S/c1-10-4-3-5-11(2)18(10)17-21(19,20)14-7-6-12(9-16)8-13(14)15/h6-8,10-11,17H,3-5,9,16H2,1-2H3. The Labute approximate surface area is 135 Å². The van der Waals surface area contributed by atoms with Crippen LogP contribution in [0, 0.1) is 0 Å². The Hall–Kier alpha value is -0.470. The summed E-state index contributed by atoms with van der Waals surface area (Å²) in [7, 11) is -3.59. The van der Waals surface area contributed by atoms with Crippen molar-refractivity contribution >= 4 is 26.0 Å². The lowest BCUT2D eigenvalue weighted by molar-refractivity contribution is 0.0790.